The summed E-state index contributed by atoms with van der Waals surface area (Å²) < 4.78 is 22.2. The first kappa shape index (κ1) is 11.1. The van der Waals surface area contributed by atoms with Crippen molar-refractivity contribution in [2.45, 2.75) is 24.4 Å². The van der Waals surface area contributed by atoms with Crippen molar-refractivity contribution in [2.24, 2.45) is 5.73 Å². The molecule has 0 spiro atoms. The second-order valence-electron chi connectivity index (χ2n) is 3.22. The molecule has 0 aliphatic heterocycles. The maximum absolute atomic E-state index is 11.1. The Balaban J connectivity index is 3.01. The Morgan fingerprint density at radius 2 is 2.14 bits per heavy atom. The Morgan fingerprint density at radius 3 is 2.50 bits per heavy atom. The largest absolute Gasteiger partial charge is 0.324 e. The monoisotopic (exact) mass is 214 g/mol. The van der Waals surface area contributed by atoms with Gasteiger partial charge in [-0.2, -0.15) is 0 Å². The smallest absolute Gasteiger partial charge is 0.192 e. The molecule has 1 aromatic heterocycles. The van der Waals surface area contributed by atoms with E-state index in [9.17, 15) is 8.42 Å². The van der Waals surface area contributed by atoms with Crippen molar-refractivity contribution >= 4 is 9.84 Å². The molecular formula is C9H14N2O2S. The zero-order valence-electron chi connectivity index (χ0n) is 8.27. The molecule has 78 valence electrons. The standard InChI is InChI=1S/C9H14N2O2S/c1-3-8(10)7-4-5-9(11-6-7)14(2,12)13/h4-6,8H,3,10H2,1-2H3. The number of sulfone groups is 1. The fraction of sp³-hybridized carbons (Fsp3) is 0.444. The molecule has 0 saturated carbocycles. The first-order valence-electron chi connectivity index (χ1n) is 4.36. The topological polar surface area (TPSA) is 73.1 Å². The van der Waals surface area contributed by atoms with E-state index in [4.69, 9.17) is 5.73 Å². The molecule has 0 aliphatic rings. The van der Waals surface area contributed by atoms with Crippen molar-refractivity contribution < 1.29 is 8.42 Å². The predicted molar refractivity (Wildman–Crippen MR) is 54.6 cm³/mol. The van der Waals surface area contributed by atoms with Crippen LogP contribution < -0.4 is 5.73 Å². The van der Waals surface area contributed by atoms with Crippen molar-refractivity contribution in [3.8, 4) is 0 Å². The first-order valence-corrected chi connectivity index (χ1v) is 6.26. The number of hydrogen-bond acceptors (Lipinski definition) is 4. The number of nitrogens with two attached hydrogens (primary N) is 1. The van der Waals surface area contributed by atoms with E-state index in [2.05, 4.69) is 4.98 Å². The maximum Gasteiger partial charge on any atom is 0.192 e. The Kier molecular flexibility index (Phi) is 3.23. The number of nitrogens with zero attached hydrogens (tertiary/aromatic N) is 1. The number of rotatable bonds is 3. The molecule has 2 N–H and O–H groups in total. The third kappa shape index (κ3) is 2.52. The normalized spacial score (nSPS) is 13.9. The molecule has 1 aromatic rings. The fourth-order valence-electron chi connectivity index (χ4n) is 1.07. The van der Waals surface area contributed by atoms with Gasteiger partial charge < -0.3 is 5.73 Å². The summed E-state index contributed by atoms with van der Waals surface area (Å²) in [5, 5.41) is 0.0875. The molecule has 0 aromatic carbocycles. The van der Waals surface area contributed by atoms with Crippen molar-refractivity contribution in [3.05, 3.63) is 23.9 Å². The molecule has 0 bridgehead atoms. The minimum absolute atomic E-state index is 0.0730. The van der Waals surface area contributed by atoms with Gasteiger partial charge in [0.2, 0.25) is 0 Å². The van der Waals surface area contributed by atoms with Crippen molar-refractivity contribution in [2.75, 3.05) is 6.26 Å². The van der Waals surface area contributed by atoms with Crippen LogP contribution in [-0.4, -0.2) is 19.7 Å². The number of hydrogen-bond donors (Lipinski definition) is 1. The Labute approximate surface area is 84.1 Å². The van der Waals surface area contributed by atoms with E-state index >= 15 is 0 Å². The highest BCUT2D eigenvalue weighted by Crippen LogP contribution is 2.14. The molecule has 1 unspecified atom stereocenters. The summed E-state index contributed by atoms with van der Waals surface area (Å²) in [6.07, 6.45) is 3.46. The van der Waals surface area contributed by atoms with Crippen molar-refractivity contribution in [1.29, 1.82) is 0 Å². The predicted octanol–water partition coefficient (Wildman–Crippen LogP) is 0.895. The van der Waals surface area contributed by atoms with Crippen LogP contribution in [0.5, 0.6) is 0 Å². The van der Waals surface area contributed by atoms with Crippen molar-refractivity contribution in [3.63, 3.8) is 0 Å². The van der Waals surface area contributed by atoms with Gasteiger partial charge in [0.25, 0.3) is 0 Å². The highest BCUT2D eigenvalue weighted by Gasteiger charge is 2.09. The summed E-state index contributed by atoms with van der Waals surface area (Å²) >= 11 is 0. The first-order chi connectivity index (χ1) is 6.45. The van der Waals surface area contributed by atoms with Crippen LogP contribution >= 0.6 is 0 Å². The second-order valence-corrected chi connectivity index (χ2v) is 5.18. The van der Waals surface area contributed by atoms with E-state index in [1.165, 1.54) is 12.3 Å². The SMILES string of the molecule is CCC(N)c1ccc(S(C)(=O)=O)nc1. The van der Waals surface area contributed by atoms with Crippen LogP contribution in [0.15, 0.2) is 23.4 Å². The summed E-state index contributed by atoms with van der Waals surface area (Å²) in [5.41, 5.74) is 6.62. The number of aromatic nitrogens is 1. The molecule has 4 nitrogen and oxygen atoms in total. The van der Waals surface area contributed by atoms with Gasteiger partial charge in [-0.15, -0.1) is 0 Å². The molecule has 1 atom stereocenters. The van der Waals surface area contributed by atoms with E-state index in [0.29, 0.717) is 0 Å². The molecule has 0 amide bonds. The molecule has 1 rings (SSSR count). The summed E-state index contributed by atoms with van der Waals surface area (Å²) in [5.74, 6) is 0. The van der Waals surface area contributed by atoms with Crippen LogP contribution in [0.4, 0.5) is 0 Å². The van der Waals surface area contributed by atoms with E-state index in [-0.39, 0.29) is 11.1 Å². The molecule has 1 heterocycles. The summed E-state index contributed by atoms with van der Waals surface area (Å²) in [7, 11) is -3.20. The highest BCUT2D eigenvalue weighted by molar-refractivity contribution is 7.90. The van der Waals surface area contributed by atoms with Crippen molar-refractivity contribution in [1.82, 2.24) is 4.98 Å². The van der Waals surface area contributed by atoms with Gasteiger partial charge >= 0.3 is 0 Å². The quantitative estimate of drug-likeness (QED) is 0.811. The Bertz CT molecular complexity index is 397. The van der Waals surface area contributed by atoms with Gasteiger partial charge in [-0.05, 0) is 18.1 Å². The van der Waals surface area contributed by atoms with E-state index in [0.717, 1.165) is 18.2 Å². The molecule has 0 radical (unpaired) electrons. The van der Waals surface area contributed by atoms with Gasteiger partial charge in [0, 0.05) is 18.5 Å². The van der Waals surface area contributed by atoms with Gasteiger partial charge in [0.05, 0.1) is 0 Å². The van der Waals surface area contributed by atoms with E-state index < -0.39 is 9.84 Å². The third-order valence-electron chi connectivity index (χ3n) is 2.01. The van der Waals surface area contributed by atoms with Gasteiger partial charge in [-0.1, -0.05) is 13.0 Å². The highest BCUT2D eigenvalue weighted by atomic mass is 32.2. The van der Waals surface area contributed by atoms with Crippen LogP contribution in [0.1, 0.15) is 24.9 Å². The molecule has 0 aliphatic carbocycles. The number of pyridine rings is 1. The van der Waals surface area contributed by atoms with E-state index in [1.54, 1.807) is 6.07 Å². The third-order valence-corrected chi connectivity index (χ3v) is 3.01. The Hall–Kier alpha value is -0.940. The lowest BCUT2D eigenvalue weighted by molar-refractivity contribution is 0.597. The molecule has 5 heteroatoms. The molecule has 0 saturated heterocycles. The zero-order chi connectivity index (χ0) is 10.8. The summed E-state index contributed by atoms with van der Waals surface area (Å²) in [6.45, 7) is 1.97. The molecule has 14 heavy (non-hydrogen) atoms. The second kappa shape index (κ2) is 4.06. The van der Waals surface area contributed by atoms with Gasteiger partial charge in [0.15, 0.2) is 14.9 Å². The molecule has 0 fully saturated rings. The van der Waals surface area contributed by atoms with Crippen LogP contribution in [0.3, 0.4) is 0 Å². The lowest BCUT2D eigenvalue weighted by atomic mass is 10.1. The van der Waals surface area contributed by atoms with Gasteiger partial charge in [0.1, 0.15) is 0 Å². The lowest BCUT2D eigenvalue weighted by Crippen LogP contribution is -2.10. The molecular weight excluding hydrogens is 200 g/mol. The maximum atomic E-state index is 11.1. The minimum atomic E-state index is -3.20. The van der Waals surface area contributed by atoms with Crippen LogP contribution in [-0.2, 0) is 9.84 Å². The van der Waals surface area contributed by atoms with Crippen LogP contribution in [0.25, 0.3) is 0 Å². The van der Waals surface area contributed by atoms with Crippen LogP contribution in [0, 0.1) is 0 Å². The van der Waals surface area contributed by atoms with Gasteiger partial charge in [-0.25, -0.2) is 13.4 Å². The fourth-order valence-corrected chi connectivity index (χ4v) is 1.63. The summed E-state index contributed by atoms with van der Waals surface area (Å²) in [4.78, 5) is 3.85. The van der Waals surface area contributed by atoms with E-state index in [1.807, 2.05) is 6.92 Å². The van der Waals surface area contributed by atoms with Gasteiger partial charge in [-0.3, -0.25) is 0 Å². The van der Waals surface area contributed by atoms with Crippen LogP contribution in [0.2, 0.25) is 0 Å². The summed E-state index contributed by atoms with van der Waals surface area (Å²) in [6, 6.07) is 3.12. The Morgan fingerprint density at radius 1 is 1.50 bits per heavy atom. The minimum Gasteiger partial charge on any atom is -0.324 e. The zero-order valence-corrected chi connectivity index (χ0v) is 9.08. The lowest BCUT2D eigenvalue weighted by Gasteiger charge is -2.08. The average molecular weight is 214 g/mol. The average Bonchev–Trinajstić information content (AvgIpc) is 2.15.